The Bertz CT molecular complexity index is 899. The van der Waals surface area contributed by atoms with Crippen molar-refractivity contribution in [1.29, 1.82) is 0 Å². The molecule has 0 radical (unpaired) electrons. The lowest BCUT2D eigenvalue weighted by atomic mass is 10.0. The van der Waals surface area contributed by atoms with E-state index in [1.807, 2.05) is 43.1 Å². The van der Waals surface area contributed by atoms with Crippen LogP contribution in [-0.2, 0) is 17.8 Å². The number of hydrogen-bond acceptors (Lipinski definition) is 6. The van der Waals surface area contributed by atoms with Crippen molar-refractivity contribution in [2.75, 3.05) is 50.6 Å². The number of aromatic nitrogens is 2. The summed E-state index contributed by atoms with van der Waals surface area (Å²) in [5.74, 6) is 1.91. The van der Waals surface area contributed by atoms with Gasteiger partial charge in [-0.1, -0.05) is 18.2 Å². The highest BCUT2D eigenvalue weighted by Crippen LogP contribution is 2.32. The van der Waals surface area contributed by atoms with Gasteiger partial charge in [-0.05, 0) is 50.9 Å². The van der Waals surface area contributed by atoms with Crippen LogP contribution in [0.4, 0.5) is 11.5 Å². The predicted octanol–water partition coefficient (Wildman–Crippen LogP) is 2.38. The van der Waals surface area contributed by atoms with E-state index >= 15 is 0 Å². The lowest BCUT2D eigenvalue weighted by Crippen LogP contribution is -2.42. The van der Waals surface area contributed by atoms with Gasteiger partial charge in [0.2, 0.25) is 5.91 Å². The minimum atomic E-state index is 0.0875. The molecule has 0 spiro atoms. The number of fused-ring (bicyclic) bond motifs is 1. The molecule has 1 N–H and O–H groups in total. The number of nitrogens with zero attached hydrogens (tertiary/aromatic N) is 5. The highest BCUT2D eigenvalue weighted by Gasteiger charge is 2.32. The van der Waals surface area contributed by atoms with Crippen molar-refractivity contribution in [2.45, 2.75) is 38.3 Å². The molecule has 1 aromatic carbocycles. The van der Waals surface area contributed by atoms with Crippen LogP contribution in [0.15, 0.2) is 30.3 Å². The molecular weight excluding hydrogens is 376 g/mol. The summed E-state index contributed by atoms with van der Waals surface area (Å²) in [5, 5.41) is 3.18. The van der Waals surface area contributed by atoms with Gasteiger partial charge >= 0.3 is 0 Å². The van der Waals surface area contributed by atoms with E-state index < -0.39 is 0 Å². The number of nitrogens with one attached hydrogen (secondary N) is 1. The summed E-state index contributed by atoms with van der Waals surface area (Å²) in [6.07, 6.45) is 4.12. The number of likely N-dealkylation sites (tertiary alicyclic amines) is 1. The first-order valence-electron chi connectivity index (χ1n) is 10.9. The standard InChI is InChI=1S/C23H32N6O/c1-24-15-18-14-21(27(2)3)26-23(25-18)20-11-7-12-28(20)16-22(30)29-13-6-9-17-8-4-5-10-19(17)29/h4-5,8,10,14,20,24H,6-7,9,11-13,15-16H2,1-3H3/t20-/m0/s1. The van der Waals surface area contributed by atoms with Crippen LogP contribution in [0.3, 0.4) is 0 Å². The third-order valence-electron chi connectivity index (χ3n) is 6.01. The van der Waals surface area contributed by atoms with Crippen molar-refractivity contribution in [3.8, 4) is 0 Å². The molecule has 0 unspecified atom stereocenters. The van der Waals surface area contributed by atoms with Gasteiger partial charge in [-0.25, -0.2) is 9.97 Å². The van der Waals surface area contributed by atoms with Crippen LogP contribution in [0.1, 0.15) is 42.4 Å². The van der Waals surface area contributed by atoms with E-state index in [9.17, 15) is 4.79 Å². The van der Waals surface area contributed by atoms with Crippen molar-refractivity contribution < 1.29 is 4.79 Å². The van der Waals surface area contributed by atoms with E-state index in [2.05, 4.69) is 28.4 Å². The van der Waals surface area contributed by atoms with E-state index in [0.29, 0.717) is 13.1 Å². The van der Waals surface area contributed by atoms with Gasteiger partial charge in [0.1, 0.15) is 11.6 Å². The van der Waals surface area contributed by atoms with E-state index in [1.165, 1.54) is 5.56 Å². The first-order chi connectivity index (χ1) is 14.6. The van der Waals surface area contributed by atoms with Gasteiger partial charge in [-0.3, -0.25) is 9.69 Å². The summed E-state index contributed by atoms with van der Waals surface area (Å²) < 4.78 is 0. The van der Waals surface area contributed by atoms with Crippen LogP contribution in [0, 0.1) is 0 Å². The zero-order valence-corrected chi connectivity index (χ0v) is 18.3. The van der Waals surface area contributed by atoms with Gasteiger partial charge in [0.25, 0.3) is 0 Å². The monoisotopic (exact) mass is 408 g/mol. The molecule has 7 nitrogen and oxygen atoms in total. The number of para-hydroxylation sites is 1. The number of benzene rings is 1. The van der Waals surface area contributed by atoms with E-state index in [1.54, 1.807) is 0 Å². The zero-order valence-electron chi connectivity index (χ0n) is 18.3. The molecule has 2 aliphatic heterocycles. The summed E-state index contributed by atoms with van der Waals surface area (Å²) in [7, 11) is 5.92. The van der Waals surface area contributed by atoms with Gasteiger partial charge < -0.3 is 15.1 Å². The number of anilines is 2. The predicted molar refractivity (Wildman–Crippen MR) is 120 cm³/mol. The molecule has 2 aliphatic rings. The number of hydrogen-bond donors (Lipinski definition) is 1. The molecule has 1 atom stereocenters. The second kappa shape index (κ2) is 9.10. The molecule has 1 amide bonds. The van der Waals surface area contributed by atoms with Crippen LogP contribution in [-0.4, -0.2) is 61.6 Å². The maximum absolute atomic E-state index is 13.3. The molecule has 0 bridgehead atoms. The molecule has 7 heteroatoms. The fourth-order valence-electron chi connectivity index (χ4n) is 4.51. The lowest BCUT2D eigenvalue weighted by Gasteiger charge is -2.32. The number of carbonyl (C=O) groups is 1. The van der Waals surface area contributed by atoms with Gasteiger partial charge in [-0.15, -0.1) is 0 Å². The van der Waals surface area contributed by atoms with Crippen molar-refractivity contribution in [3.63, 3.8) is 0 Å². The Labute approximate surface area is 179 Å². The molecule has 30 heavy (non-hydrogen) atoms. The Morgan fingerprint density at radius 1 is 1.20 bits per heavy atom. The van der Waals surface area contributed by atoms with Crippen LogP contribution >= 0.6 is 0 Å². The van der Waals surface area contributed by atoms with E-state index in [-0.39, 0.29) is 11.9 Å². The minimum Gasteiger partial charge on any atom is -0.363 e. The van der Waals surface area contributed by atoms with Crippen molar-refractivity contribution in [1.82, 2.24) is 20.2 Å². The maximum Gasteiger partial charge on any atom is 0.241 e. The number of amides is 1. The molecule has 2 aromatic rings. The van der Waals surface area contributed by atoms with Crippen molar-refractivity contribution >= 4 is 17.4 Å². The molecule has 4 rings (SSSR count). The Hall–Kier alpha value is -2.51. The van der Waals surface area contributed by atoms with Crippen molar-refractivity contribution in [2.24, 2.45) is 0 Å². The molecule has 0 saturated carbocycles. The molecule has 160 valence electrons. The summed E-state index contributed by atoms with van der Waals surface area (Å²) in [6, 6.07) is 10.4. The highest BCUT2D eigenvalue weighted by atomic mass is 16.2. The lowest BCUT2D eigenvalue weighted by molar-refractivity contribution is -0.120. The van der Waals surface area contributed by atoms with Gasteiger partial charge in [-0.2, -0.15) is 0 Å². The molecule has 1 saturated heterocycles. The third kappa shape index (κ3) is 4.32. The molecular formula is C23H32N6O. The highest BCUT2D eigenvalue weighted by molar-refractivity contribution is 5.96. The third-order valence-corrected chi connectivity index (χ3v) is 6.01. The van der Waals surface area contributed by atoms with Crippen LogP contribution < -0.4 is 15.1 Å². The molecule has 0 aliphatic carbocycles. The van der Waals surface area contributed by atoms with E-state index in [0.717, 1.165) is 61.8 Å². The number of carbonyl (C=O) groups excluding carboxylic acids is 1. The van der Waals surface area contributed by atoms with Crippen LogP contribution in [0.5, 0.6) is 0 Å². The van der Waals surface area contributed by atoms with Gasteiger partial charge in [0.05, 0.1) is 18.3 Å². The van der Waals surface area contributed by atoms with E-state index in [4.69, 9.17) is 9.97 Å². The first kappa shape index (κ1) is 20.8. The SMILES string of the molecule is CNCc1cc(N(C)C)nc([C@@H]2CCCN2CC(=O)N2CCCc3ccccc32)n1. The number of aryl methyl sites for hydroxylation is 1. The Balaban J connectivity index is 1.54. The zero-order chi connectivity index (χ0) is 21.1. The van der Waals surface area contributed by atoms with Crippen LogP contribution in [0.2, 0.25) is 0 Å². The Kier molecular flexibility index (Phi) is 6.29. The summed E-state index contributed by atoms with van der Waals surface area (Å²) >= 11 is 0. The quantitative estimate of drug-likeness (QED) is 0.792. The summed E-state index contributed by atoms with van der Waals surface area (Å²) in [4.78, 5) is 29.2. The Morgan fingerprint density at radius 3 is 2.83 bits per heavy atom. The second-order valence-electron chi connectivity index (χ2n) is 8.41. The Morgan fingerprint density at radius 2 is 2.03 bits per heavy atom. The van der Waals surface area contributed by atoms with Crippen LogP contribution in [0.25, 0.3) is 0 Å². The van der Waals surface area contributed by atoms with Gasteiger partial charge in [0.15, 0.2) is 0 Å². The van der Waals surface area contributed by atoms with Gasteiger partial charge in [0, 0.05) is 38.9 Å². The average Bonchev–Trinajstić information content (AvgIpc) is 3.21. The summed E-state index contributed by atoms with van der Waals surface area (Å²) in [6.45, 7) is 2.82. The maximum atomic E-state index is 13.3. The minimum absolute atomic E-state index is 0.0875. The number of rotatable bonds is 6. The first-order valence-corrected chi connectivity index (χ1v) is 10.9. The fraction of sp³-hybridized carbons (Fsp3) is 0.522. The summed E-state index contributed by atoms with van der Waals surface area (Å²) in [5.41, 5.74) is 3.33. The fourth-order valence-corrected chi connectivity index (χ4v) is 4.51. The van der Waals surface area contributed by atoms with Crippen molar-refractivity contribution in [3.05, 3.63) is 47.4 Å². The molecule has 1 aromatic heterocycles. The largest absolute Gasteiger partial charge is 0.363 e. The second-order valence-corrected chi connectivity index (χ2v) is 8.41. The molecule has 1 fully saturated rings. The average molecular weight is 409 g/mol. The normalized spacial score (nSPS) is 19.0. The molecule has 3 heterocycles. The topological polar surface area (TPSA) is 64.6 Å². The smallest absolute Gasteiger partial charge is 0.241 e.